The zero-order valence-corrected chi connectivity index (χ0v) is 80.8. The fourth-order valence-electron chi connectivity index (χ4n) is 20.1. The maximum Gasteiger partial charge on any atom is 0.202 e. The van der Waals surface area contributed by atoms with E-state index in [9.17, 15) is 4.39 Å². The second-order valence-electron chi connectivity index (χ2n) is 37.5. The van der Waals surface area contributed by atoms with Crippen LogP contribution in [0, 0.1) is 5.82 Å². The quantitative estimate of drug-likeness (QED) is 0.0869. The van der Waals surface area contributed by atoms with Gasteiger partial charge < -0.3 is 19.9 Å². The van der Waals surface area contributed by atoms with E-state index < -0.39 is 32.9 Å². The number of hydrogen-bond donors (Lipinski definition) is 4. The lowest BCUT2D eigenvalue weighted by atomic mass is 10.1. The van der Waals surface area contributed by atoms with Crippen molar-refractivity contribution < 1.29 is 4.39 Å². The van der Waals surface area contributed by atoms with Crippen LogP contribution in [0.1, 0.15) is 202 Å². The van der Waals surface area contributed by atoms with E-state index in [0.29, 0.717) is 22.2 Å². The topological polar surface area (TPSA) is 48.1 Å². The minimum absolute atomic E-state index is 0.0223. The number of rotatable bonds is 13. The molecule has 0 saturated heterocycles. The molecule has 7 atom stereocenters. The van der Waals surface area contributed by atoms with Gasteiger partial charge in [-0.3, -0.25) is 0 Å². The van der Waals surface area contributed by atoms with Crippen LogP contribution in [0.15, 0.2) is 253 Å². The molecule has 15 heteroatoms. The van der Waals surface area contributed by atoms with Gasteiger partial charge in [0.2, 0.25) is 8.24 Å². The van der Waals surface area contributed by atoms with E-state index in [1.807, 2.05) is 75.7 Å². The highest BCUT2D eigenvalue weighted by atomic mass is 35.5. The smallest absolute Gasteiger partial charge is 0.202 e. The van der Waals surface area contributed by atoms with E-state index in [0.717, 1.165) is 10.0 Å². The summed E-state index contributed by atoms with van der Waals surface area (Å²) in [5.74, 6) is -0.173. The van der Waals surface area contributed by atoms with Crippen LogP contribution in [0.2, 0.25) is 29.7 Å². The van der Waals surface area contributed by atoms with Crippen molar-refractivity contribution in [3.05, 3.63) is 310 Å². The Morgan fingerprint density at radius 3 is 0.862 bits per heavy atom. The van der Waals surface area contributed by atoms with E-state index in [4.69, 9.17) is 23.2 Å². The minimum atomic E-state index is -2.47. The van der Waals surface area contributed by atoms with Gasteiger partial charge in [-0.1, -0.05) is 235 Å². The molecule has 13 aromatic rings. The van der Waals surface area contributed by atoms with Gasteiger partial charge in [0.25, 0.3) is 0 Å². The van der Waals surface area contributed by atoms with Crippen molar-refractivity contribution in [2.24, 2.45) is 0 Å². The molecule has 4 aliphatic rings. The summed E-state index contributed by atoms with van der Waals surface area (Å²) in [5.41, 5.74) is 19.2. The molecular formula is C101H115Cl2FN4S4Si4. The fourth-order valence-corrected chi connectivity index (χ4v) is 49.0. The van der Waals surface area contributed by atoms with Crippen LogP contribution in [-0.4, -0.2) is 55.1 Å². The predicted molar refractivity (Wildman–Crippen MR) is 524 cm³/mol. The van der Waals surface area contributed by atoms with Gasteiger partial charge in [0, 0.05) is 114 Å². The number of benzene rings is 9. The number of fused-ring (bicyclic) bond motifs is 12. The van der Waals surface area contributed by atoms with Gasteiger partial charge in [0.15, 0.2) is 24.7 Å². The van der Waals surface area contributed by atoms with Gasteiger partial charge in [-0.15, -0.1) is 45.3 Å². The summed E-state index contributed by atoms with van der Waals surface area (Å²) in [6, 6.07) is 82.2. The molecule has 4 aliphatic carbocycles. The van der Waals surface area contributed by atoms with Crippen molar-refractivity contribution in [1.29, 1.82) is 0 Å². The minimum Gasteiger partial charge on any atom is -0.329 e. The van der Waals surface area contributed by atoms with E-state index in [2.05, 4.69) is 366 Å². The molecule has 0 saturated carbocycles. The molecule has 116 heavy (non-hydrogen) atoms. The van der Waals surface area contributed by atoms with Crippen molar-refractivity contribution >= 4 is 190 Å². The number of hydrogen-bond acceptors (Lipinski definition) is 8. The first-order chi connectivity index (χ1) is 54.7. The molecule has 9 aromatic carbocycles. The van der Waals surface area contributed by atoms with Crippen molar-refractivity contribution in [3.63, 3.8) is 0 Å². The summed E-state index contributed by atoms with van der Waals surface area (Å²) < 4.78 is 19.2. The Balaban J connectivity index is 0.000000128. The highest BCUT2D eigenvalue weighted by Gasteiger charge is 2.55. The SMILES string of the molecule is CC1=C(C)C([Si](C)(NC(C)(C)C)c2ccc(Cl)cc2)c2sc3ccccc3c21.CC1=C(C)C([Si](C)(NC(C)(C)C)c2ccc(F)cc2)c2sc3ccccc3c21.CC1=C(C)C([Si](C)(NC(C)(C)C)c2cccc(Cl)c2)c2sc3ccccc3c21.CC1=C(C)C([Si](NC(C)(C)C)(c2ccccc2)c2ccccc2)c2sc3ccccc3c21. The van der Waals surface area contributed by atoms with Crippen molar-refractivity contribution in [1.82, 2.24) is 19.9 Å². The summed E-state index contributed by atoms with van der Waals surface area (Å²) in [6.07, 6.45) is 0. The zero-order chi connectivity index (χ0) is 83.3. The average molecular weight is 1720 g/mol. The molecular weight excluding hydrogens is 1600 g/mol. The first-order valence-electron chi connectivity index (χ1n) is 41.0. The van der Waals surface area contributed by atoms with Crippen LogP contribution in [0.5, 0.6) is 0 Å². The summed E-state index contributed by atoms with van der Waals surface area (Å²) in [4.78, 5) is 22.6. The first-order valence-corrected chi connectivity index (χ1v) is 54.8. The lowest BCUT2D eigenvalue weighted by Gasteiger charge is -2.44. The molecule has 4 heterocycles. The number of thiophene rings is 4. The van der Waals surface area contributed by atoms with Crippen LogP contribution in [-0.2, 0) is 0 Å². The third-order valence-electron chi connectivity index (χ3n) is 24.5. The van der Waals surface area contributed by atoms with Gasteiger partial charge in [-0.05, 0) is 270 Å². The molecule has 0 spiro atoms. The Kier molecular flexibility index (Phi) is 23.9. The molecule has 4 aromatic heterocycles. The number of halogens is 3. The summed E-state index contributed by atoms with van der Waals surface area (Å²) in [5, 5.41) is 14.1. The Morgan fingerprint density at radius 2 is 0.552 bits per heavy atom. The summed E-state index contributed by atoms with van der Waals surface area (Å²) >= 11 is 20.6. The molecule has 0 aliphatic heterocycles. The van der Waals surface area contributed by atoms with Crippen molar-refractivity contribution in [2.45, 2.75) is 202 Å². The van der Waals surface area contributed by atoms with E-state index in [1.54, 1.807) is 12.1 Å². The molecule has 0 amide bonds. The van der Waals surface area contributed by atoms with Gasteiger partial charge in [0.05, 0.1) is 0 Å². The number of nitrogens with one attached hydrogen (secondary N) is 4. The van der Waals surface area contributed by atoms with Crippen LogP contribution in [0.25, 0.3) is 62.6 Å². The first kappa shape index (κ1) is 85.4. The molecule has 7 unspecified atom stereocenters. The Labute approximate surface area is 720 Å². The van der Waals surface area contributed by atoms with Gasteiger partial charge >= 0.3 is 0 Å². The third kappa shape index (κ3) is 16.1. The second-order valence-corrected chi connectivity index (χ2v) is 57.7. The van der Waals surface area contributed by atoms with E-state index in [-0.39, 0.29) is 28.0 Å². The zero-order valence-electron chi connectivity index (χ0n) is 72.0. The van der Waals surface area contributed by atoms with Crippen molar-refractivity contribution in [2.75, 3.05) is 0 Å². The molecule has 600 valence electrons. The Bertz CT molecular complexity index is 5790. The standard InChI is InChI=1S/C29H31NSSi.2C24H28ClNSSi.C24H28FNSSi/c1-20-21(2)28(27-26(20)24-18-12-13-19-25(24)31-27)32(30-29(3,4)5,22-14-8-6-9-15-22)23-16-10-7-11-17-23;1-15-16(2)23(22-21(15)19-12-7-8-13-20(19)27-22)28(6,26-24(3,4)5)18-11-9-10-17(25)14-18;2*1-15-16(2)23(22-21(15)19-9-7-8-10-20(19)27-22)28(6,26-24(3,4)5)18-13-11-17(25)12-14-18/h6-19,28,30H,1-5H3;3*7-14,23,26H,1-6H3. The average Bonchev–Trinajstić information content (AvgIpc) is 1.54. The van der Waals surface area contributed by atoms with Crippen LogP contribution >= 0.6 is 68.5 Å². The monoisotopic (exact) mass is 1710 g/mol. The Morgan fingerprint density at radius 1 is 0.284 bits per heavy atom. The van der Waals surface area contributed by atoms with E-state index in [1.165, 1.54) is 153 Å². The fraction of sp³-hybridized carbons (Fsp3) is 0.307. The Hall–Kier alpha value is -7.00. The maximum absolute atomic E-state index is 13.7. The molecule has 0 fully saturated rings. The summed E-state index contributed by atoms with van der Waals surface area (Å²) in [7, 11) is -8.99. The van der Waals surface area contributed by atoms with Crippen molar-refractivity contribution in [3.8, 4) is 0 Å². The highest BCUT2D eigenvalue weighted by Crippen LogP contribution is 2.57. The van der Waals surface area contributed by atoms with Crippen LogP contribution in [0.3, 0.4) is 0 Å². The molecule has 17 rings (SSSR count). The molecule has 0 radical (unpaired) electrons. The molecule has 4 N–H and O–H groups in total. The largest absolute Gasteiger partial charge is 0.329 e. The lowest BCUT2D eigenvalue weighted by Crippen LogP contribution is -2.76. The normalized spacial score (nSPS) is 18.5. The highest BCUT2D eigenvalue weighted by molar-refractivity contribution is 7.22. The maximum atomic E-state index is 13.7. The molecule has 4 nitrogen and oxygen atoms in total. The van der Waals surface area contributed by atoms with Gasteiger partial charge in [-0.2, -0.15) is 0 Å². The predicted octanol–water partition coefficient (Wildman–Crippen LogP) is 26.5. The van der Waals surface area contributed by atoms with Gasteiger partial charge in [0.1, 0.15) is 5.82 Å². The summed E-state index contributed by atoms with van der Waals surface area (Å²) in [6.45, 7) is 53.2. The second kappa shape index (κ2) is 32.5. The van der Waals surface area contributed by atoms with E-state index >= 15 is 0 Å². The third-order valence-corrected chi connectivity index (χ3v) is 50.0. The van der Waals surface area contributed by atoms with Crippen LogP contribution in [0.4, 0.5) is 4.39 Å². The van der Waals surface area contributed by atoms with Gasteiger partial charge in [-0.25, -0.2) is 4.39 Å². The van der Waals surface area contributed by atoms with Crippen LogP contribution < -0.4 is 45.9 Å². The molecule has 0 bridgehead atoms. The number of allylic oxidation sites excluding steroid dienone is 8. The lowest BCUT2D eigenvalue weighted by molar-refractivity contribution is 0.510.